The van der Waals surface area contributed by atoms with Gasteiger partial charge < -0.3 is 9.64 Å². The monoisotopic (exact) mass is 408 g/mol. The largest absolute Gasteiger partial charge is 0.447 e. The van der Waals surface area contributed by atoms with Gasteiger partial charge in [-0.1, -0.05) is 0 Å². The van der Waals surface area contributed by atoms with E-state index >= 15 is 0 Å². The summed E-state index contributed by atoms with van der Waals surface area (Å²) < 4.78 is 93.6. The van der Waals surface area contributed by atoms with Crippen molar-refractivity contribution in [1.29, 1.82) is 0 Å². The van der Waals surface area contributed by atoms with Crippen LogP contribution in [-0.4, -0.2) is 71.6 Å². The first-order valence-electron chi connectivity index (χ1n) is 8.33. The fourth-order valence-corrected chi connectivity index (χ4v) is 3.31. The Morgan fingerprint density at radius 2 is 1.59 bits per heavy atom. The third-order valence-corrected chi connectivity index (χ3v) is 4.93. The number of cyclic esters (lactones) is 1. The van der Waals surface area contributed by atoms with Crippen LogP contribution in [0.4, 0.5) is 35.5 Å². The highest BCUT2D eigenvalue weighted by molar-refractivity contribution is 5.76. The average molecular weight is 408 g/mol. The summed E-state index contributed by atoms with van der Waals surface area (Å²) in [6, 6.07) is -0.389. The molecule has 2 saturated heterocycles. The number of piperidine rings is 1. The molecule has 2 rings (SSSR count). The van der Waals surface area contributed by atoms with E-state index in [4.69, 9.17) is 4.74 Å². The highest BCUT2D eigenvalue weighted by Gasteiger charge is 2.72. The van der Waals surface area contributed by atoms with E-state index in [-0.39, 0.29) is 31.8 Å². The van der Waals surface area contributed by atoms with Gasteiger partial charge in [0.15, 0.2) is 0 Å². The smallest absolute Gasteiger partial charge is 0.431 e. The Morgan fingerprint density at radius 3 is 2.00 bits per heavy atom. The molecule has 0 spiro atoms. The molecule has 0 aromatic heterocycles. The first kappa shape index (κ1) is 21.5. The van der Waals surface area contributed by atoms with Gasteiger partial charge in [-0.05, 0) is 19.8 Å². The van der Waals surface area contributed by atoms with Crippen molar-refractivity contribution in [3.8, 4) is 0 Å². The molecule has 2 heterocycles. The number of hydrogen-bond donors (Lipinski definition) is 0. The number of alkyl halides is 7. The second-order valence-corrected chi connectivity index (χ2v) is 6.74. The highest BCUT2D eigenvalue weighted by Crippen LogP contribution is 2.49. The zero-order valence-electron chi connectivity index (χ0n) is 14.4. The second kappa shape index (κ2) is 7.34. The fraction of sp³-hybridized carbons (Fsp3) is 0.867. The van der Waals surface area contributed by atoms with Crippen molar-refractivity contribution in [1.82, 2.24) is 9.80 Å². The van der Waals surface area contributed by atoms with E-state index in [2.05, 4.69) is 0 Å². The van der Waals surface area contributed by atoms with Crippen molar-refractivity contribution >= 4 is 12.0 Å². The molecule has 5 nitrogen and oxygen atoms in total. The van der Waals surface area contributed by atoms with Crippen molar-refractivity contribution in [2.45, 2.75) is 62.7 Å². The summed E-state index contributed by atoms with van der Waals surface area (Å²) >= 11 is 0. The summed E-state index contributed by atoms with van der Waals surface area (Å²) in [6.45, 7) is 2.11. The molecule has 0 aliphatic carbocycles. The maximum atomic E-state index is 13.6. The summed E-state index contributed by atoms with van der Waals surface area (Å²) in [6.07, 6.45) is -15.4. The molecule has 0 aromatic rings. The molecule has 0 N–H and O–H groups in total. The van der Waals surface area contributed by atoms with Gasteiger partial charge in [-0.2, -0.15) is 26.3 Å². The van der Waals surface area contributed by atoms with Gasteiger partial charge in [0.1, 0.15) is 6.61 Å². The SMILES string of the molecule is CC1COC(=O)N1C1CCN(C(=O)CCC(F)(C(F)(F)F)C(F)(F)F)CC1. The molecule has 0 bridgehead atoms. The van der Waals surface area contributed by atoms with Crippen LogP contribution in [0.2, 0.25) is 0 Å². The number of hydrogen-bond acceptors (Lipinski definition) is 3. The lowest BCUT2D eigenvalue weighted by Crippen LogP contribution is -2.54. The minimum Gasteiger partial charge on any atom is -0.447 e. The topological polar surface area (TPSA) is 49.9 Å². The maximum Gasteiger partial charge on any atom is 0.431 e. The van der Waals surface area contributed by atoms with E-state index < -0.39 is 42.9 Å². The molecule has 0 saturated carbocycles. The molecule has 2 aliphatic rings. The lowest BCUT2D eigenvalue weighted by Gasteiger charge is -2.37. The quantitative estimate of drug-likeness (QED) is 0.670. The van der Waals surface area contributed by atoms with Crippen LogP contribution in [0.3, 0.4) is 0 Å². The zero-order valence-corrected chi connectivity index (χ0v) is 14.4. The van der Waals surface area contributed by atoms with E-state index in [1.807, 2.05) is 0 Å². The third-order valence-electron chi connectivity index (χ3n) is 4.93. The molecular weight excluding hydrogens is 389 g/mol. The van der Waals surface area contributed by atoms with Gasteiger partial charge in [-0.25, -0.2) is 9.18 Å². The van der Waals surface area contributed by atoms with Gasteiger partial charge in [0.05, 0.1) is 6.04 Å². The van der Waals surface area contributed by atoms with Crippen molar-refractivity contribution in [2.75, 3.05) is 19.7 Å². The van der Waals surface area contributed by atoms with Crippen molar-refractivity contribution < 1.29 is 45.1 Å². The van der Waals surface area contributed by atoms with Gasteiger partial charge in [0.2, 0.25) is 5.91 Å². The van der Waals surface area contributed by atoms with Crippen LogP contribution < -0.4 is 0 Å². The molecule has 12 heteroatoms. The molecule has 1 atom stereocenters. The second-order valence-electron chi connectivity index (χ2n) is 6.74. The normalized spacial score (nSPS) is 23.0. The molecule has 2 aliphatic heterocycles. The molecular formula is C15H19F7N2O3. The number of amides is 2. The number of rotatable bonds is 4. The van der Waals surface area contributed by atoms with Crippen LogP contribution in [0.5, 0.6) is 0 Å². The number of halogens is 7. The highest BCUT2D eigenvalue weighted by atomic mass is 19.4. The Balaban J connectivity index is 1.92. The van der Waals surface area contributed by atoms with E-state index in [9.17, 15) is 40.3 Å². The number of likely N-dealkylation sites (tertiary alicyclic amines) is 1. The van der Waals surface area contributed by atoms with Crippen molar-refractivity contribution in [2.24, 2.45) is 0 Å². The number of carbonyl (C=O) groups excluding carboxylic acids is 2. The van der Waals surface area contributed by atoms with E-state index in [1.54, 1.807) is 6.92 Å². The Morgan fingerprint density at radius 1 is 1.07 bits per heavy atom. The Hall–Kier alpha value is -1.75. The summed E-state index contributed by atoms with van der Waals surface area (Å²) in [7, 11) is 0. The lowest BCUT2D eigenvalue weighted by molar-refractivity contribution is -0.343. The number of ether oxygens (including phenoxy) is 1. The molecule has 156 valence electrons. The zero-order chi connectivity index (χ0) is 20.6. The number of nitrogens with zero attached hydrogens (tertiary/aromatic N) is 2. The molecule has 27 heavy (non-hydrogen) atoms. The molecule has 0 radical (unpaired) electrons. The predicted molar refractivity (Wildman–Crippen MR) is 77.4 cm³/mol. The maximum absolute atomic E-state index is 13.6. The Labute approximate surface area is 150 Å². The van der Waals surface area contributed by atoms with Crippen LogP contribution in [-0.2, 0) is 9.53 Å². The first-order valence-corrected chi connectivity index (χ1v) is 8.33. The van der Waals surface area contributed by atoms with E-state index in [0.29, 0.717) is 12.8 Å². The van der Waals surface area contributed by atoms with E-state index in [0.717, 1.165) is 4.90 Å². The minimum absolute atomic E-state index is 0.0529. The third kappa shape index (κ3) is 4.23. The fourth-order valence-electron chi connectivity index (χ4n) is 3.31. The molecule has 2 fully saturated rings. The van der Waals surface area contributed by atoms with Crippen molar-refractivity contribution in [3.63, 3.8) is 0 Å². The molecule has 1 unspecified atom stereocenters. The summed E-state index contributed by atoms with van der Waals surface area (Å²) in [5, 5.41) is 0. The summed E-state index contributed by atoms with van der Waals surface area (Å²) in [5.41, 5.74) is -5.43. The number of carbonyl (C=O) groups is 2. The Bertz CT molecular complexity index is 557. The van der Waals surface area contributed by atoms with Crippen LogP contribution >= 0.6 is 0 Å². The average Bonchev–Trinajstić information content (AvgIpc) is 2.89. The summed E-state index contributed by atoms with van der Waals surface area (Å²) in [5.74, 6) is -0.985. The minimum atomic E-state index is -6.16. The standard InChI is InChI=1S/C15H19F7N2O3/c1-9-8-27-12(26)24(9)10-3-6-23(7-4-10)11(25)2-5-13(16,14(17,18)19)15(20,21)22/h9-10H,2-8H2,1H3. The van der Waals surface area contributed by atoms with Crippen LogP contribution in [0.25, 0.3) is 0 Å². The van der Waals surface area contributed by atoms with Gasteiger partial charge in [-0.3, -0.25) is 9.69 Å². The first-order chi connectivity index (χ1) is 12.3. The van der Waals surface area contributed by atoms with Crippen LogP contribution in [0.15, 0.2) is 0 Å². The van der Waals surface area contributed by atoms with E-state index in [1.165, 1.54) is 4.90 Å². The predicted octanol–water partition coefficient (Wildman–Crippen LogP) is 3.43. The van der Waals surface area contributed by atoms with Gasteiger partial charge >= 0.3 is 18.4 Å². The van der Waals surface area contributed by atoms with Gasteiger partial charge in [-0.15, -0.1) is 0 Å². The van der Waals surface area contributed by atoms with Crippen molar-refractivity contribution in [3.05, 3.63) is 0 Å². The lowest BCUT2D eigenvalue weighted by atomic mass is 9.96. The molecule has 2 amide bonds. The summed E-state index contributed by atoms with van der Waals surface area (Å²) in [4.78, 5) is 26.3. The Kier molecular flexibility index (Phi) is 5.86. The van der Waals surface area contributed by atoms with Gasteiger partial charge in [0.25, 0.3) is 5.67 Å². The van der Waals surface area contributed by atoms with Gasteiger partial charge in [0, 0.05) is 32.0 Å². The van der Waals surface area contributed by atoms with Crippen LogP contribution in [0, 0.1) is 0 Å². The van der Waals surface area contributed by atoms with Crippen LogP contribution in [0.1, 0.15) is 32.6 Å². The molecule has 0 aromatic carbocycles.